The number of aryl methyl sites for hydroxylation is 1. The van der Waals surface area contributed by atoms with Crippen LogP contribution in [0.3, 0.4) is 0 Å². The van der Waals surface area contributed by atoms with Gasteiger partial charge in [0.25, 0.3) is 0 Å². The van der Waals surface area contributed by atoms with Crippen LogP contribution in [0.4, 0.5) is 14.6 Å². The van der Waals surface area contributed by atoms with E-state index in [-0.39, 0.29) is 54.6 Å². The summed E-state index contributed by atoms with van der Waals surface area (Å²) in [6.07, 6.45) is 4.58. The summed E-state index contributed by atoms with van der Waals surface area (Å²) in [4.78, 5) is 20.2. The van der Waals surface area contributed by atoms with Crippen LogP contribution in [0.15, 0.2) is 17.0 Å². The van der Waals surface area contributed by atoms with Crippen molar-refractivity contribution in [2.24, 2.45) is 5.92 Å². The van der Waals surface area contributed by atoms with Gasteiger partial charge < -0.3 is 10.2 Å². The Morgan fingerprint density at radius 3 is 2.29 bits per heavy atom. The van der Waals surface area contributed by atoms with Crippen molar-refractivity contribution in [1.82, 2.24) is 10.3 Å². The number of pyridine rings is 1. The average Bonchev–Trinajstić information content (AvgIpc) is 3.26. The molecule has 2 unspecified atom stereocenters. The van der Waals surface area contributed by atoms with Gasteiger partial charge in [0.1, 0.15) is 10.7 Å². The lowest BCUT2D eigenvalue weighted by Crippen LogP contribution is -2.46. The number of hydrogen-bond donors (Lipinski definition) is 1. The quantitative estimate of drug-likeness (QED) is 0.633. The largest absolute Gasteiger partial charge is 0.353 e. The summed E-state index contributed by atoms with van der Waals surface area (Å²) in [6, 6.07) is 3.42. The number of hydrogen-bond acceptors (Lipinski definition) is 5. The van der Waals surface area contributed by atoms with Crippen LogP contribution in [-0.4, -0.2) is 48.6 Å². The number of piperidine rings is 1. The molecule has 3 fully saturated rings. The van der Waals surface area contributed by atoms with E-state index in [1.807, 2.05) is 6.92 Å². The van der Waals surface area contributed by atoms with E-state index in [2.05, 4.69) is 29.0 Å². The second kappa shape index (κ2) is 9.70. The van der Waals surface area contributed by atoms with Crippen molar-refractivity contribution in [3.8, 4) is 0 Å². The molecule has 4 atom stereocenters. The van der Waals surface area contributed by atoms with Gasteiger partial charge in [-0.05, 0) is 77.8 Å². The standard InChI is InChI=1S/C25H37F2N3O3S/c1-16-10-11-22(23(28-16)30-17(2)6-4-7-18(30)3)34(32,33)21-9-5-8-20(21)24(31)29-19-12-14-25(26,27)15-13-19/h10-11,17-21H,4-9,12-15H2,1-3H3,(H,29,31)/t17-,18-,20?,21?/m0/s1. The van der Waals surface area contributed by atoms with Crippen LogP contribution >= 0.6 is 0 Å². The Kier molecular flexibility index (Phi) is 7.23. The van der Waals surface area contributed by atoms with E-state index in [1.165, 1.54) is 0 Å². The third-order valence-corrected chi connectivity index (χ3v) is 10.3. The normalized spacial score (nSPS) is 30.3. The molecular weight excluding hydrogens is 460 g/mol. The molecule has 1 amide bonds. The molecule has 34 heavy (non-hydrogen) atoms. The van der Waals surface area contributed by atoms with Crippen LogP contribution < -0.4 is 10.2 Å². The molecular formula is C25H37F2N3O3S. The van der Waals surface area contributed by atoms with E-state index in [9.17, 15) is 22.0 Å². The lowest BCUT2D eigenvalue weighted by molar-refractivity contribution is -0.126. The molecule has 9 heteroatoms. The molecule has 1 N–H and O–H groups in total. The summed E-state index contributed by atoms with van der Waals surface area (Å²) < 4.78 is 54.9. The van der Waals surface area contributed by atoms with Gasteiger partial charge >= 0.3 is 0 Å². The predicted molar refractivity (Wildman–Crippen MR) is 128 cm³/mol. The van der Waals surface area contributed by atoms with Crippen LogP contribution in [0.2, 0.25) is 0 Å². The number of carbonyl (C=O) groups is 1. The van der Waals surface area contributed by atoms with E-state index in [4.69, 9.17) is 0 Å². The van der Waals surface area contributed by atoms with Crippen molar-refractivity contribution in [3.63, 3.8) is 0 Å². The van der Waals surface area contributed by atoms with E-state index in [0.29, 0.717) is 25.1 Å². The van der Waals surface area contributed by atoms with Crippen LogP contribution in [-0.2, 0) is 14.6 Å². The van der Waals surface area contributed by atoms with Crippen molar-refractivity contribution >= 4 is 21.6 Å². The number of aromatic nitrogens is 1. The highest BCUT2D eigenvalue weighted by Crippen LogP contribution is 2.40. The minimum Gasteiger partial charge on any atom is -0.353 e. The van der Waals surface area contributed by atoms with Crippen molar-refractivity contribution in [2.75, 3.05) is 4.90 Å². The minimum atomic E-state index is -3.82. The Morgan fingerprint density at radius 2 is 1.65 bits per heavy atom. The van der Waals surface area contributed by atoms with Gasteiger partial charge in [-0.15, -0.1) is 0 Å². The molecule has 0 spiro atoms. The SMILES string of the molecule is Cc1ccc(S(=O)(=O)C2CCCC2C(=O)NC2CCC(F)(F)CC2)c(N2[C@@H](C)CCC[C@@H]2C)n1. The molecule has 1 aliphatic heterocycles. The fraction of sp³-hybridized carbons (Fsp3) is 0.760. The van der Waals surface area contributed by atoms with Gasteiger partial charge in [0, 0.05) is 36.7 Å². The first-order valence-electron chi connectivity index (χ1n) is 12.7. The van der Waals surface area contributed by atoms with Crippen molar-refractivity contribution < 1.29 is 22.0 Å². The Morgan fingerprint density at radius 1 is 1.03 bits per heavy atom. The zero-order valence-electron chi connectivity index (χ0n) is 20.4. The summed E-state index contributed by atoms with van der Waals surface area (Å²) in [6.45, 7) is 6.07. The molecule has 190 valence electrons. The summed E-state index contributed by atoms with van der Waals surface area (Å²) in [5.74, 6) is -3.15. The summed E-state index contributed by atoms with van der Waals surface area (Å²) in [5.41, 5.74) is 0.758. The number of sulfone groups is 1. The number of rotatable bonds is 5. The summed E-state index contributed by atoms with van der Waals surface area (Å²) >= 11 is 0. The fourth-order valence-corrected chi connectivity index (χ4v) is 8.19. The molecule has 2 aliphatic carbocycles. The first kappa shape index (κ1) is 25.3. The number of amides is 1. The molecule has 6 nitrogen and oxygen atoms in total. The molecule has 1 saturated heterocycles. The lowest BCUT2D eigenvalue weighted by atomic mass is 9.91. The van der Waals surface area contributed by atoms with Gasteiger partial charge in [-0.25, -0.2) is 22.2 Å². The maximum atomic E-state index is 14.0. The second-order valence-electron chi connectivity index (χ2n) is 10.6. The Hall–Kier alpha value is -1.77. The van der Waals surface area contributed by atoms with E-state index < -0.39 is 26.9 Å². The lowest BCUT2D eigenvalue weighted by Gasteiger charge is -2.41. The molecule has 3 aliphatic rings. The average molecular weight is 498 g/mol. The van der Waals surface area contributed by atoms with Crippen molar-refractivity contribution in [3.05, 3.63) is 17.8 Å². The maximum absolute atomic E-state index is 14.0. The maximum Gasteiger partial charge on any atom is 0.248 e. The predicted octanol–water partition coefficient (Wildman–Crippen LogP) is 4.79. The van der Waals surface area contributed by atoms with Crippen molar-refractivity contribution in [1.29, 1.82) is 0 Å². The van der Waals surface area contributed by atoms with Crippen LogP contribution in [0, 0.1) is 12.8 Å². The first-order valence-corrected chi connectivity index (χ1v) is 14.2. The molecule has 1 aromatic heterocycles. The van der Waals surface area contributed by atoms with Gasteiger partial charge in [0.15, 0.2) is 9.84 Å². The summed E-state index contributed by atoms with van der Waals surface area (Å²) in [5, 5.41) is 2.07. The Labute approximate surface area is 201 Å². The molecule has 4 rings (SSSR count). The highest BCUT2D eigenvalue weighted by molar-refractivity contribution is 7.92. The second-order valence-corrected chi connectivity index (χ2v) is 12.7. The number of nitrogens with one attached hydrogen (secondary N) is 1. The smallest absolute Gasteiger partial charge is 0.248 e. The molecule has 0 bridgehead atoms. The number of alkyl halides is 2. The van der Waals surface area contributed by atoms with Gasteiger partial charge in [0.05, 0.1) is 11.2 Å². The number of carbonyl (C=O) groups excluding carboxylic acids is 1. The molecule has 2 heterocycles. The van der Waals surface area contributed by atoms with Gasteiger partial charge in [-0.2, -0.15) is 0 Å². The monoisotopic (exact) mass is 497 g/mol. The van der Waals surface area contributed by atoms with E-state index >= 15 is 0 Å². The van der Waals surface area contributed by atoms with E-state index in [0.717, 1.165) is 25.0 Å². The highest BCUT2D eigenvalue weighted by Gasteiger charge is 2.45. The minimum absolute atomic E-state index is 0.180. The van der Waals surface area contributed by atoms with Gasteiger partial charge in [0.2, 0.25) is 11.8 Å². The highest BCUT2D eigenvalue weighted by atomic mass is 32.2. The Balaban J connectivity index is 1.58. The zero-order chi connectivity index (χ0) is 24.7. The first-order chi connectivity index (χ1) is 16.0. The zero-order valence-corrected chi connectivity index (χ0v) is 21.2. The molecule has 0 radical (unpaired) electrons. The third kappa shape index (κ3) is 5.09. The fourth-order valence-electron chi connectivity index (χ4n) is 6.03. The van der Waals surface area contributed by atoms with Crippen molar-refractivity contribution in [2.45, 2.75) is 119 Å². The molecule has 1 aromatic rings. The molecule has 2 saturated carbocycles. The van der Waals surface area contributed by atoms with Crippen LogP contribution in [0.25, 0.3) is 0 Å². The van der Waals surface area contributed by atoms with E-state index in [1.54, 1.807) is 12.1 Å². The Bertz CT molecular complexity index is 997. The number of nitrogens with zero attached hydrogens (tertiary/aromatic N) is 2. The summed E-state index contributed by atoms with van der Waals surface area (Å²) in [7, 11) is -3.82. The van der Waals surface area contributed by atoms with Gasteiger partial charge in [-0.3, -0.25) is 4.79 Å². The number of anilines is 1. The van der Waals surface area contributed by atoms with Gasteiger partial charge in [-0.1, -0.05) is 6.42 Å². The molecule has 0 aromatic carbocycles. The number of halogens is 2. The topological polar surface area (TPSA) is 79.4 Å². The van der Waals surface area contributed by atoms with Crippen LogP contribution in [0.5, 0.6) is 0 Å². The third-order valence-electron chi connectivity index (χ3n) is 7.97. The van der Waals surface area contributed by atoms with Crippen LogP contribution in [0.1, 0.15) is 83.7 Å².